The maximum atomic E-state index is 3.87. The first-order valence-corrected chi connectivity index (χ1v) is 7.06. The van der Waals surface area contributed by atoms with E-state index in [9.17, 15) is 0 Å². The molecule has 0 unspecified atom stereocenters. The van der Waals surface area contributed by atoms with Crippen LogP contribution in [0.2, 0.25) is 0 Å². The SMILES string of the molecule is [CH2]CCCCCCCCCn1cc[n+](C)c1C. The highest BCUT2D eigenvalue weighted by Gasteiger charge is 2.07. The van der Waals surface area contributed by atoms with Crippen LogP contribution in [0, 0.1) is 13.8 Å². The molecule has 0 N–H and O–H groups in total. The van der Waals surface area contributed by atoms with Gasteiger partial charge in [0.15, 0.2) is 0 Å². The molecule has 1 rings (SSSR count). The third kappa shape index (κ3) is 5.38. The molecular weight excluding hydrogens is 208 g/mol. The molecule has 1 radical (unpaired) electrons. The van der Waals surface area contributed by atoms with Crippen molar-refractivity contribution in [1.82, 2.24) is 4.57 Å². The van der Waals surface area contributed by atoms with Crippen LogP contribution in [0.5, 0.6) is 0 Å². The van der Waals surface area contributed by atoms with Gasteiger partial charge in [-0.05, 0) is 12.8 Å². The van der Waals surface area contributed by atoms with E-state index in [2.05, 4.69) is 42.4 Å². The lowest BCUT2D eigenvalue weighted by Crippen LogP contribution is -2.29. The molecule has 0 saturated carbocycles. The van der Waals surface area contributed by atoms with Crippen LogP contribution in [0.4, 0.5) is 0 Å². The molecule has 0 bridgehead atoms. The summed E-state index contributed by atoms with van der Waals surface area (Å²) in [6.45, 7) is 7.22. The molecule has 0 aliphatic rings. The highest BCUT2D eigenvalue weighted by molar-refractivity contribution is 4.78. The number of rotatable bonds is 9. The van der Waals surface area contributed by atoms with E-state index >= 15 is 0 Å². The fourth-order valence-corrected chi connectivity index (χ4v) is 2.18. The van der Waals surface area contributed by atoms with E-state index in [4.69, 9.17) is 0 Å². The average molecular weight is 236 g/mol. The maximum absolute atomic E-state index is 3.87. The highest BCUT2D eigenvalue weighted by atomic mass is 15.1. The number of unbranched alkanes of at least 4 members (excludes halogenated alkanes) is 7. The van der Waals surface area contributed by atoms with Crippen LogP contribution >= 0.6 is 0 Å². The molecule has 2 nitrogen and oxygen atoms in total. The smallest absolute Gasteiger partial charge is 0.237 e. The predicted molar refractivity (Wildman–Crippen MR) is 72.6 cm³/mol. The molecule has 97 valence electrons. The molecule has 0 atom stereocenters. The van der Waals surface area contributed by atoms with Gasteiger partial charge < -0.3 is 0 Å². The number of aryl methyl sites for hydroxylation is 2. The van der Waals surface area contributed by atoms with Crippen molar-refractivity contribution in [3.63, 3.8) is 0 Å². The van der Waals surface area contributed by atoms with E-state index in [1.165, 1.54) is 57.3 Å². The van der Waals surface area contributed by atoms with Gasteiger partial charge in [0, 0.05) is 6.92 Å². The van der Waals surface area contributed by atoms with Crippen LogP contribution in [0.1, 0.15) is 57.2 Å². The van der Waals surface area contributed by atoms with Crippen LogP contribution in [0.25, 0.3) is 0 Å². The zero-order valence-corrected chi connectivity index (χ0v) is 11.6. The van der Waals surface area contributed by atoms with Crippen LogP contribution < -0.4 is 4.57 Å². The van der Waals surface area contributed by atoms with Gasteiger partial charge in [0.05, 0.1) is 13.6 Å². The van der Waals surface area contributed by atoms with Crippen molar-refractivity contribution in [2.45, 2.75) is 64.8 Å². The quantitative estimate of drug-likeness (QED) is 0.458. The molecule has 2 heteroatoms. The largest absolute Gasteiger partial charge is 0.253 e. The Labute approximate surface area is 107 Å². The monoisotopic (exact) mass is 236 g/mol. The van der Waals surface area contributed by atoms with Crippen molar-refractivity contribution in [2.75, 3.05) is 0 Å². The zero-order valence-electron chi connectivity index (χ0n) is 11.6. The van der Waals surface area contributed by atoms with Crippen LogP contribution in [-0.4, -0.2) is 4.57 Å². The topological polar surface area (TPSA) is 8.81 Å². The third-order valence-corrected chi connectivity index (χ3v) is 3.55. The first-order chi connectivity index (χ1) is 8.25. The predicted octanol–water partition coefficient (Wildman–Crippen LogP) is 3.58. The van der Waals surface area contributed by atoms with Gasteiger partial charge in [-0.15, -0.1) is 0 Å². The first-order valence-electron chi connectivity index (χ1n) is 7.06. The van der Waals surface area contributed by atoms with Crippen molar-refractivity contribution >= 4 is 0 Å². The summed E-state index contributed by atoms with van der Waals surface area (Å²) in [4.78, 5) is 0. The lowest BCUT2D eigenvalue weighted by molar-refractivity contribution is -0.677. The number of hydrogen-bond acceptors (Lipinski definition) is 0. The number of imidazole rings is 1. The molecule has 0 aromatic carbocycles. The van der Waals surface area contributed by atoms with Gasteiger partial charge in [-0.1, -0.05) is 45.4 Å². The van der Waals surface area contributed by atoms with Crippen molar-refractivity contribution in [3.05, 3.63) is 25.1 Å². The third-order valence-electron chi connectivity index (χ3n) is 3.55. The number of nitrogens with zero attached hydrogens (tertiary/aromatic N) is 2. The summed E-state index contributed by atoms with van der Waals surface area (Å²) < 4.78 is 4.53. The van der Waals surface area contributed by atoms with Gasteiger partial charge in [0.25, 0.3) is 5.82 Å². The second-order valence-electron chi connectivity index (χ2n) is 4.98. The second kappa shape index (κ2) is 8.32. The lowest BCUT2D eigenvalue weighted by Gasteiger charge is -2.01. The second-order valence-corrected chi connectivity index (χ2v) is 4.98. The fourth-order valence-electron chi connectivity index (χ4n) is 2.18. The number of aromatic nitrogens is 2. The van der Waals surface area contributed by atoms with Crippen molar-refractivity contribution < 1.29 is 4.57 Å². The Bertz CT molecular complexity index is 302. The summed E-state index contributed by atoms with van der Waals surface area (Å²) in [7, 11) is 2.11. The van der Waals surface area contributed by atoms with E-state index in [0.29, 0.717) is 0 Å². The molecule has 17 heavy (non-hydrogen) atoms. The van der Waals surface area contributed by atoms with E-state index in [0.717, 1.165) is 6.42 Å². The van der Waals surface area contributed by atoms with Gasteiger partial charge in [-0.3, -0.25) is 0 Å². The minimum atomic E-state index is 1.10. The molecule has 0 aliphatic carbocycles. The van der Waals surface area contributed by atoms with Crippen molar-refractivity contribution in [1.29, 1.82) is 0 Å². The molecule has 1 heterocycles. The maximum Gasteiger partial charge on any atom is 0.253 e. The van der Waals surface area contributed by atoms with Crippen molar-refractivity contribution in [3.8, 4) is 0 Å². The average Bonchev–Trinajstić information content (AvgIpc) is 2.64. The normalized spacial score (nSPS) is 11.0. The van der Waals surface area contributed by atoms with Gasteiger partial charge in [-0.2, -0.15) is 0 Å². The van der Waals surface area contributed by atoms with Gasteiger partial charge in [0.1, 0.15) is 12.4 Å². The lowest BCUT2D eigenvalue weighted by atomic mass is 10.1. The Morgan fingerprint density at radius 2 is 1.65 bits per heavy atom. The zero-order chi connectivity index (χ0) is 12.5. The minimum absolute atomic E-state index is 1.10. The Morgan fingerprint density at radius 3 is 2.18 bits per heavy atom. The summed E-state index contributed by atoms with van der Waals surface area (Å²) in [5.74, 6) is 1.35. The molecule has 0 saturated heterocycles. The Kier molecular flexibility index (Phi) is 6.99. The first kappa shape index (κ1) is 14.3. The van der Waals surface area contributed by atoms with Gasteiger partial charge in [-0.25, -0.2) is 9.13 Å². The van der Waals surface area contributed by atoms with E-state index in [1.807, 2.05) is 0 Å². The van der Waals surface area contributed by atoms with Crippen molar-refractivity contribution in [2.24, 2.45) is 7.05 Å². The van der Waals surface area contributed by atoms with Gasteiger partial charge >= 0.3 is 0 Å². The molecule has 0 fully saturated rings. The van der Waals surface area contributed by atoms with E-state index in [1.54, 1.807) is 0 Å². The Balaban J connectivity index is 1.99. The molecule has 1 aromatic heterocycles. The van der Waals surface area contributed by atoms with Gasteiger partial charge in [0.2, 0.25) is 0 Å². The standard InChI is InChI=1S/C15H28N2/c1-4-5-6-7-8-9-10-11-12-17-14-13-16(3)15(17)2/h13-14H,1,4-12H2,2-3H3/q+1. The Morgan fingerprint density at radius 1 is 1.06 bits per heavy atom. The summed E-state index contributed by atoms with van der Waals surface area (Å²) in [5.41, 5.74) is 0. The molecular formula is C15H28N2+. The van der Waals surface area contributed by atoms with E-state index < -0.39 is 0 Å². The Hall–Kier alpha value is -0.790. The van der Waals surface area contributed by atoms with Crippen LogP contribution in [-0.2, 0) is 13.6 Å². The van der Waals surface area contributed by atoms with Crippen LogP contribution in [0.15, 0.2) is 12.4 Å². The fraction of sp³-hybridized carbons (Fsp3) is 0.733. The summed E-state index contributed by atoms with van der Waals surface area (Å²) >= 11 is 0. The molecule has 0 aliphatic heterocycles. The summed E-state index contributed by atoms with van der Waals surface area (Å²) in [6.07, 6.45) is 15.0. The van der Waals surface area contributed by atoms with E-state index in [-0.39, 0.29) is 0 Å². The van der Waals surface area contributed by atoms with Crippen LogP contribution in [0.3, 0.4) is 0 Å². The molecule has 0 spiro atoms. The number of hydrogen-bond donors (Lipinski definition) is 0. The molecule has 0 amide bonds. The summed E-state index contributed by atoms with van der Waals surface area (Å²) in [5, 5.41) is 0. The molecule has 1 aromatic rings. The summed E-state index contributed by atoms with van der Waals surface area (Å²) in [6, 6.07) is 0. The minimum Gasteiger partial charge on any atom is -0.237 e. The highest BCUT2D eigenvalue weighted by Crippen LogP contribution is 2.09.